The number of hydrogen-bond donors (Lipinski definition) is 3. The van der Waals surface area contributed by atoms with Gasteiger partial charge in [-0.2, -0.15) is 0 Å². The normalized spacial score (nSPS) is 12.0. The van der Waals surface area contributed by atoms with Crippen molar-refractivity contribution in [1.82, 2.24) is 0 Å². The molecular formula is C10H22O3. The van der Waals surface area contributed by atoms with Crippen molar-refractivity contribution in [3.8, 4) is 0 Å². The van der Waals surface area contributed by atoms with Crippen molar-refractivity contribution in [3.63, 3.8) is 0 Å². The number of aliphatic hydroxyl groups excluding tert-OH is 3. The average Bonchev–Trinajstić information content (AvgIpc) is 2.17. The van der Waals surface area contributed by atoms with Gasteiger partial charge in [0.15, 0.2) is 0 Å². The topological polar surface area (TPSA) is 60.7 Å². The highest BCUT2D eigenvalue weighted by Gasteiger charge is 2.21. The summed E-state index contributed by atoms with van der Waals surface area (Å²) in [5.74, 6) is 0. The minimum Gasteiger partial charge on any atom is -0.396 e. The second-order valence-corrected chi connectivity index (χ2v) is 4.01. The van der Waals surface area contributed by atoms with Gasteiger partial charge in [-0.15, -0.1) is 0 Å². The second-order valence-electron chi connectivity index (χ2n) is 4.01. The fourth-order valence-corrected chi connectivity index (χ4v) is 1.23. The van der Waals surface area contributed by atoms with Crippen molar-refractivity contribution >= 4 is 0 Å². The number of aliphatic hydroxyl groups is 3. The van der Waals surface area contributed by atoms with Crippen molar-refractivity contribution in [1.29, 1.82) is 0 Å². The second kappa shape index (κ2) is 7.30. The van der Waals surface area contributed by atoms with Crippen molar-refractivity contribution in [2.75, 3.05) is 19.8 Å². The van der Waals surface area contributed by atoms with Crippen LogP contribution in [0.3, 0.4) is 0 Å². The molecule has 0 unspecified atom stereocenters. The fraction of sp³-hybridized carbons (Fsp3) is 1.00. The monoisotopic (exact) mass is 190 g/mol. The molecule has 0 bridgehead atoms. The van der Waals surface area contributed by atoms with Gasteiger partial charge in [0.1, 0.15) is 0 Å². The first-order chi connectivity index (χ1) is 6.18. The van der Waals surface area contributed by atoms with Crippen LogP contribution in [0.25, 0.3) is 0 Å². The van der Waals surface area contributed by atoms with Crippen LogP contribution in [0.5, 0.6) is 0 Å². The molecule has 0 aromatic carbocycles. The number of hydrogen-bond acceptors (Lipinski definition) is 3. The summed E-state index contributed by atoms with van der Waals surface area (Å²) in [5, 5.41) is 26.5. The summed E-state index contributed by atoms with van der Waals surface area (Å²) >= 11 is 0. The predicted octanol–water partition coefficient (Wildman–Crippen LogP) is 0.920. The number of unbranched alkanes of at least 4 members (excludes halogenated alkanes) is 3. The van der Waals surface area contributed by atoms with E-state index in [9.17, 15) is 0 Å². The lowest BCUT2D eigenvalue weighted by atomic mass is 9.86. The Morgan fingerprint density at radius 3 is 1.85 bits per heavy atom. The van der Waals surface area contributed by atoms with Crippen LogP contribution in [0.1, 0.15) is 39.0 Å². The maximum absolute atomic E-state index is 8.99. The molecule has 0 aromatic rings. The standard InChI is InChI=1S/C10H22O3/c1-10(8-12,9-13)6-4-2-3-5-7-11/h11-13H,2-9H2,1H3. The van der Waals surface area contributed by atoms with Crippen LogP contribution < -0.4 is 0 Å². The predicted molar refractivity (Wildman–Crippen MR) is 52.4 cm³/mol. The zero-order valence-electron chi connectivity index (χ0n) is 8.50. The Labute approximate surface area is 80.4 Å². The van der Waals surface area contributed by atoms with Gasteiger partial charge >= 0.3 is 0 Å². The lowest BCUT2D eigenvalue weighted by Crippen LogP contribution is -2.25. The minimum atomic E-state index is -0.320. The Morgan fingerprint density at radius 2 is 1.38 bits per heavy atom. The maximum Gasteiger partial charge on any atom is 0.0506 e. The molecule has 0 aromatic heterocycles. The highest BCUT2D eigenvalue weighted by atomic mass is 16.3. The zero-order chi connectivity index (χ0) is 10.2. The van der Waals surface area contributed by atoms with Crippen molar-refractivity contribution in [3.05, 3.63) is 0 Å². The van der Waals surface area contributed by atoms with Gasteiger partial charge in [-0.3, -0.25) is 0 Å². The van der Waals surface area contributed by atoms with Gasteiger partial charge in [-0.25, -0.2) is 0 Å². The minimum absolute atomic E-state index is 0.0451. The molecule has 0 heterocycles. The molecule has 0 fully saturated rings. The van der Waals surface area contributed by atoms with E-state index in [1.807, 2.05) is 6.92 Å². The van der Waals surface area contributed by atoms with E-state index in [2.05, 4.69) is 0 Å². The van der Waals surface area contributed by atoms with Crippen LogP contribution in [-0.2, 0) is 0 Å². The van der Waals surface area contributed by atoms with Gasteiger partial charge < -0.3 is 15.3 Å². The first-order valence-electron chi connectivity index (χ1n) is 5.01. The summed E-state index contributed by atoms with van der Waals surface area (Å²) in [5.41, 5.74) is -0.320. The Morgan fingerprint density at radius 1 is 0.846 bits per heavy atom. The van der Waals surface area contributed by atoms with E-state index in [0.717, 1.165) is 32.1 Å². The zero-order valence-corrected chi connectivity index (χ0v) is 8.50. The summed E-state index contributed by atoms with van der Waals surface area (Å²) in [6, 6.07) is 0. The van der Waals surface area contributed by atoms with E-state index < -0.39 is 0 Å². The van der Waals surface area contributed by atoms with Crippen LogP contribution in [0.15, 0.2) is 0 Å². The Kier molecular flexibility index (Phi) is 7.23. The van der Waals surface area contributed by atoms with Gasteiger partial charge in [0.05, 0.1) is 13.2 Å². The Balaban J connectivity index is 3.39. The SMILES string of the molecule is CC(CO)(CO)CCCCCCO. The molecule has 0 spiro atoms. The molecule has 0 atom stereocenters. The lowest BCUT2D eigenvalue weighted by molar-refractivity contribution is 0.0604. The van der Waals surface area contributed by atoms with Gasteiger partial charge in [-0.1, -0.05) is 26.2 Å². The quantitative estimate of drug-likeness (QED) is 0.499. The van der Waals surface area contributed by atoms with Crippen molar-refractivity contribution < 1.29 is 15.3 Å². The molecule has 0 saturated heterocycles. The van der Waals surface area contributed by atoms with Crippen LogP contribution in [0, 0.1) is 5.41 Å². The molecule has 80 valence electrons. The third-order valence-corrected chi connectivity index (χ3v) is 2.45. The smallest absolute Gasteiger partial charge is 0.0506 e. The van der Waals surface area contributed by atoms with Gasteiger partial charge in [-0.05, 0) is 12.8 Å². The Hall–Kier alpha value is -0.120. The van der Waals surface area contributed by atoms with E-state index in [4.69, 9.17) is 15.3 Å². The molecule has 0 rings (SSSR count). The van der Waals surface area contributed by atoms with Crippen LogP contribution in [0.2, 0.25) is 0 Å². The Bertz CT molecular complexity index is 111. The van der Waals surface area contributed by atoms with E-state index in [0.29, 0.717) is 0 Å². The summed E-state index contributed by atoms with van der Waals surface area (Å²) in [6.45, 7) is 2.24. The molecule has 3 heteroatoms. The molecule has 0 aliphatic carbocycles. The molecule has 0 aliphatic heterocycles. The molecular weight excluding hydrogens is 168 g/mol. The summed E-state index contributed by atoms with van der Waals surface area (Å²) in [6.07, 6.45) is 4.82. The average molecular weight is 190 g/mol. The molecule has 0 aliphatic rings. The van der Waals surface area contributed by atoms with E-state index in [1.165, 1.54) is 0 Å². The van der Waals surface area contributed by atoms with E-state index in [1.54, 1.807) is 0 Å². The maximum atomic E-state index is 8.99. The molecule has 13 heavy (non-hydrogen) atoms. The lowest BCUT2D eigenvalue weighted by Gasteiger charge is -2.24. The van der Waals surface area contributed by atoms with E-state index >= 15 is 0 Å². The van der Waals surface area contributed by atoms with Gasteiger partial charge in [0, 0.05) is 12.0 Å². The van der Waals surface area contributed by atoms with Crippen LogP contribution >= 0.6 is 0 Å². The molecule has 3 N–H and O–H groups in total. The highest BCUT2D eigenvalue weighted by molar-refractivity contribution is 4.71. The fourth-order valence-electron chi connectivity index (χ4n) is 1.23. The first kappa shape index (κ1) is 12.9. The van der Waals surface area contributed by atoms with Crippen LogP contribution in [0.4, 0.5) is 0 Å². The summed E-state index contributed by atoms with van der Waals surface area (Å²) < 4.78 is 0. The third kappa shape index (κ3) is 6.02. The largest absolute Gasteiger partial charge is 0.396 e. The van der Waals surface area contributed by atoms with Gasteiger partial charge in [0.25, 0.3) is 0 Å². The summed E-state index contributed by atoms with van der Waals surface area (Å²) in [7, 11) is 0. The van der Waals surface area contributed by atoms with Gasteiger partial charge in [0.2, 0.25) is 0 Å². The summed E-state index contributed by atoms with van der Waals surface area (Å²) in [4.78, 5) is 0. The third-order valence-electron chi connectivity index (χ3n) is 2.45. The van der Waals surface area contributed by atoms with E-state index in [-0.39, 0.29) is 25.2 Å². The first-order valence-corrected chi connectivity index (χ1v) is 5.01. The number of rotatable bonds is 8. The van der Waals surface area contributed by atoms with Crippen LogP contribution in [-0.4, -0.2) is 35.1 Å². The van der Waals surface area contributed by atoms with Crippen molar-refractivity contribution in [2.45, 2.75) is 39.0 Å². The molecule has 0 saturated carbocycles. The molecule has 3 nitrogen and oxygen atoms in total. The molecule has 0 amide bonds. The molecule has 0 radical (unpaired) electrons. The highest BCUT2D eigenvalue weighted by Crippen LogP contribution is 2.22. The van der Waals surface area contributed by atoms with Crippen molar-refractivity contribution in [2.24, 2.45) is 5.41 Å².